The fourth-order valence-corrected chi connectivity index (χ4v) is 1.33. The van der Waals surface area contributed by atoms with Crippen LogP contribution in [0.4, 0.5) is 5.69 Å². The molecule has 0 aliphatic heterocycles. The highest BCUT2D eigenvalue weighted by atomic mass is 35.5. The van der Waals surface area contributed by atoms with E-state index in [0.29, 0.717) is 11.6 Å². The van der Waals surface area contributed by atoms with Crippen molar-refractivity contribution in [2.24, 2.45) is 0 Å². The normalized spacial score (nSPS) is 10.9. The second-order valence-electron chi connectivity index (χ2n) is 3.42. The van der Waals surface area contributed by atoms with E-state index < -0.39 is 0 Å². The average molecular weight is 216 g/mol. The molecule has 0 aliphatic rings. The Bertz CT molecular complexity index is 373. The van der Waals surface area contributed by atoms with E-state index in [1.54, 1.807) is 6.20 Å². The van der Waals surface area contributed by atoms with Gasteiger partial charge in [0.25, 0.3) is 5.56 Å². The van der Waals surface area contributed by atoms with Gasteiger partial charge in [0, 0.05) is 19.3 Å². The Hall–Kier alpha value is -1.00. The third kappa shape index (κ3) is 2.75. The number of hydrogen-bond acceptors (Lipinski definition) is 3. The van der Waals surface area contributed by atoms with Crippen molar-refractivity contribution in [2.75, 3.05) is 26.4 Å². The molecule has 78 valence electrons. The summed E-state index contributed by atoms with van der Waals surface area (Å²) in [5.41, 5.74) is 5.50. The number of pyridine rings is 1. The molecule has 1 heterocycles. The third-order valence-electron chi connectivity index (χ3n) is 1.87. The second-order valence-corrected chi connectivity index (χ2v) is 3.85. The summed E-state index contributed by atoms with van der Waals surface area (Å²) in [7, 11) is 3.89. The Morgan fingerprint density at radius 3 is 2.79 bits per heavy atom. The molecule has 0 spiro atoms. The molecule has 1 rings (SSSR count). The van der Waals surface area contributed by atoms with E-state index in [4.69, 9.17) is 17.3 Å². The molecule has 0 aliphatic carbocycles. The van der Waals surface area contributed by atoms with Gasteiger partial charge >= 0.3 is 0 Å². The summed E-state index contributed by atoms with van der Waals surface area (Å²) >= 11 is 5.78. The van der Waals surface area contributed by atoms with Gasteiger partial charge in [-0.05, 0) is 20.2 Å². The summed E-state index contributed by atoms with van der Waals surface area (Å²) in [5, 5.41) is 0.487. The molecule has 0 radical (unpaired) electrons. The standard InChI is InChI=1S/C9H14ClN3O/c1-12(2)3-4-13-6-7(10)5-8(11)9(13)14/h5-6H,3-4,11H2,1-2H3. The lowest BCUT2D eigenvalue weighted by Crippen LogP contribution is -2.27. The summed E-state index contributed by atoms with van der Waals surface area (Å²) in [6.45, 7) is 1.37. The van der Waals surface area contributed by atoms with Crippen molar-refractivity contribution in [2.45, 2.75) is 6.54 Å². The molecule has 1 aromatic heterocycles. The lowest BCUT2D eigenvalue weighted by atomic mass is 10.4. The minimum absolute atomic E-state index is 0.184. The molecular weight excluding hydrogens is 202 g/mol. The Morgan fingerprint density at radius 2 is 2.21 bits per heavy atom. The highest BCUT2D eigenvalue weighted by molar-refractivity contribution is 6.30. The van der Waals surface area contributed by atoms with Crippen molar-refractivity contribution in [1.82, 2.24) is 9.47 Å². The Balaban J connectivity index is 2.91. The highest BCUT2D eigenvalue weighted by Crippen LogP contribution is 2.08. The zero-order valence-electron chi connectivity index (χ0n) is 8.33. The lowest BCUT2D eigenvalue weighted by molar-refractivity contribution is 0.381. The van der Waals surface area contributed by atoms with E-state index in [-0.39, 0.29) is 11.2 Å². The first-order valence-electron chi connectivity index (χ1n) is 4.31. The van der Waals surface area contributed by atoms with E-state index in [1.165, 1.54) is 10.6 Å². The zero-order valence-corrected chi connectivity index (χ0v) is 9.08. The molecule has 14 heavy (non-hydrogen) atoms. The van der Waals surface area contributed by atoms with Crippen molar-refractivity contribution in [1.29, 1.82) is 0 Å². The molecule has 0 bridgehead atoms. The van der Waals surface area contributed by atoms with Gasteiger partial charge in [-0.15, -0.1) is 0 Å². The summed E-state index contributed by atoms with van der Waals surface area (Å²) in [6, 6.07) is 1.47. The number of nitrogens with zero attached hydrogens (tertiary/aromatic N) is 2. The van der Waals surface area contributed by atoms with Crippen LogP contribution >= 0.6 is 11.6 Å². The molecule has 0 aromatic carbocycles. The second kappa shape index (κ2) is 4.48. The number of likely N-dealkylation sites (N-methyl/N-ethyl adjacent to an activating group) is 1. The zero-order chi connectivity index (χ0) is 10.7. The average Bonchev–Trinajstić information content (AvgIpc) is 2.08. The van der Waals surface area contributed by atoms with Crippen molar-refractivity contribution in [3.05, 3.63) is 27.6 Å². The molecule has 0 saturated carbocycles. The van der Waals surface area contributed by atoms with Crippen molar-refractivity contribution >= 4 is 17.3 Å². The quantitative estimate of drug-likeness (QED) is 0.806. The summed E-state index contributed by atoms with van der Waals surface area (Å²) in [6.07, 6.45) is 1.60. The van der Waals surface area contributed by atoms with E-state index in [1.807, 2.05) is 19.0 Å². The number of nitrogen functional groups attached to an aromatic ring is 1. The number of halogens is 1. The first-order chi connectivity index (χ1) is 6.50. The Morgan fingerprint density at radius 1 is 1.57 bits per heavy atom. The summed E-state index contributed by atoms with van der Waals surface area (Å²) in [4.78, 5) is 13.5. The monoisotopic (exact) mass is 215 g/mol. The van der Waals surface area contributed by atoms with Gasteiger partial charge in [0.1, 0.15) is 0 Å². The molecular formula is C9H14ClN3O. The molecule has 0 fully saturated rings. The first-order valence-corrected chi connectivity index (χ1v) is 4.68. The fourth-order valence-electron chi connectivity index (χ4n) is 1.09. The van der Waals surface area contributed by atoms with E-state index in [9.17, 15) is 4.79 Å². The van der Waals surface area contributed by atoms with Crippen LogP contribution in [-0.4, -0.2) is 30.1 Å². The van der Waals surface area contributed by atoms with Crippen LogP contribution in [0.25, 0.3) is 0 Å². The van der Waals surface area contributed by atoms with Crippen LogP contribution in [0, 0.1) is 0 Å². The van der Waals surface area contributed by atoms with Gasteiger partial charge in [-0.3, -0.25) is 4.79 Å². The third-order valence-corrected chi connectivity index (χ3v) is 2.08. The van der Waals surface area contributed by atoms with Gasteiger partial charge in [-0.2, -0.15) is 0 Å². The number of rotatable bonds is 3. The van der Waals surface area contributed by atoms with Crippen LogP contribution in [0.15, 0.2) is 17.1 Å². The molecule has 0 unspecified atom stereocenters. The number of nitrogens with two attached hydrogens (primary N) is 1. The maximum atomic E-state index is 11.5. The minimum atomic E-state index is -0.184. The van der Waals surface area contributed by atoms with E-state index >= 15 is 0 Å². The van der Waals surface area contributed by atoms with Crippen LogP contribution in [0.2, 0.25) is 5.02 Å². The molecule has 0 saturated heterocycles. The lowest BCUT2D eigenvalue weighted by Gasteiger charge is -2.11. The van der Waals surface area contributed by atoms with E-state index in [0.717, 1.165) is 6.54 Å². The molecule has 5 heteroatoms. The number of aromatic nitrogens is 1. The number of anilines is 1. The molecule has 0 atom stereocenters. The summed E-state index contributed by atoms with van der Waals surface area (Å²) in [5.74, 6) is 0. The molecule has 2 N–H and O–H groups in total. The van der Waals surface area contributed by atoms with Gasteiger partial charge in [0.2, 0.25) is 0 Å². The van der Waals surface area contributed by atoms with Crippen LogP contribution < -0.4 is 11.3 Å². The predicted octanol–water partition coefficient (Wildman–Crippen LogP) is 0.646. The van der Waals surface area contributed by atoms with E-state index in [2.05, 4.69) is 0 Å². The van der Waals surface area contributed by atoms with Crippen LogP contribution in [-0.2, 0) is 6.54 Å². The fraction of sp³-hybridized carbons (Fsp3) is 0.444. The topological polar surface area (TPSA) is 51.3 Å². The Labute approximate surface area is 87.9 Å². The van der Waals surface area contributed by atoms with Crippen molar-refractivity contribution < 1.29 is 0 Å². The van der Waals surface area contributed by atoms with Crippen LogP contribution in [0.3, 0.4) is 0 Å². The molecule has 1 aromatic rings. The predicted molar refractivity (Wildman–Crippen MR) is 58.7 cm³/mol. The van der Waals surface area contributed by atoms with Gasteiger partial charge < -0.3 is 15.2 Å². The van der Waals surface area contributed by atoms with Gasteiger partial charge in [-0.25, -0.2) is 0 Å². The minimum Gasteiger partial charge on any atom is -0.394 e. The van der Waals surface area contributed by atoms with Crippen LogP contribution in [0.1, 0.15) is 0 Å². The van der Waals surface area contributed by atoms with Gasteiger partial charge in [-0.1, -0.05) is 11.6 Å². The first kappa shape index (κ1) is 11.1. The highest BCUT2D eigenvalue weighted by Gasteiger charge is 2.02. The molecule has 0 amide bonds. The summed E-state index contributed by atoms with van der Waals surface area (Å²) < 4.78 is 1.53. The maximum Gasteiger partial charge on any atom is 0.273 e. The molecule has 4 nitrogen and oxygen atoms in total. The largest absolute Gasteiger partial charge is 0.394 e. The maximum absolute atomic E-state index is 11.5. The number of hydrogen-bond donors (Lipinski definition) is 1. The van der Waals surface area contributed by atoms with Crippen LogP contribution in [0.5, 0.6) is 0 Å². The van der Waals surface area contributed by atoms with Gasteiger partial charge in [0.15, 0.2) is 0 Å². The SMILES string of the molecule is CN(C)CCn1cc(Cl)cc(N)c1=O. The van der Waals surface area contributed by atoms with Crippen molar-refractivity contribution in [3.8, 4) is 0 Å². The van der Waals surface area contributed by atoms with Crippen molar-refractivity contribution in [3.63, 3.8) is 0 Å². The Kier molecular flexibility index (Phi) is 3.55. The van der Waals surface area contributed by atoms with Gasteiger partial charge in [0.05, 0.1) is 10.7 Å². The smallest absolute Gasteiger partial charge is 0.273 e.